The minimum atomic E-state index is -0.772. The number of ether oxygens (including phenoxy) is 1. The van der Waals surface area contributed by atoms with Gasteiger partial charge in [-0.25, -0.2) is 0 Å². The van der Waals surface area contributed by atoms with Crippen molar-refractivity contribution in [3.8, 4) is 11.5 Å². The van der Waals surface area contributed by atoms with E-state index in [4.69, 9.17) is 4.74 Å². The third kappa shape index (κ3) is 3.17. The number of phenols is 1. The molecule has 8 nitrogen and oxygen atoms in total. The smallest absolute Gasteiger partial charge is 0.257 e. The zero-order valence-electron chi connectivity index (χ0n) is 18.6. The summed E-state index contributed by atoms with van der Waals surface area (Å²) in [4.78, 5) is 51.2. The molecule has 0 saturated carbocycles. The van der Waals surface area contributed by atoms with Crippen molar-refractivity contribution in [2.45, 2.75) is 19.8 Å². The molecule has 1 aliphatic heterocycles. The average Bonchev–Trinajstić information content (AvgIpc) is 3.05. The molecule has 4 aliphatic rings. The maximum absolute atomic E-state index is 13.2. The van der Waals surface area contributed by atoms with Crippen LogP contribution in [0, 0.1) is 23.7 Å². The number of amides is 2. The van der Waals surface area contributed by atoms with Gasteiger partial charge in [0.05, 0.1) is 18.9 Å². The molecule has 1 aromatic rings. The molecule has 0 bridgehead atoms. The fraction of sp³-hybridized carbons (Fsp3) is 0.308. The SMILES string of the molecule is COc1cc(C=C[C@H]2C3=CC[C@@H]4C(=O)N(O)C(=O)[C@@H]4[C@@H]3CC3=C2C(=O)C(C)=CC3=O)ccc1O. The summed E-state index contributed by atoms with van der Waals surface area (Å²) < 4.78 is 5.17. The van der Waals surface area contributed by atoms with Crippen LogP contribution < -0.4 is 4.74 Å². The van der Waals surface area contributed by atoms with E-state index in [-0.39, 0.29) is 35.2 Å². The second kappa shape index (κ2) is 7.92. The molecule has 0 radical (unpaired) electrons. The first-order chi connectivity index (χ1) is 16.2. The molecule has 0 unspecified atom stereocenters. The van der Waals surface area contributed by atoms with Gasteiger partial charge in [0, 0.05) is 22.6 Å². The number of phenolic OH excluding ortho intramolecular Hbond substituents is 1. The predicted molar refractivity (Wildman–Crippen MR) is 119 cm³/mol. The maximum Gasteiger partial charge on any atom is 0.257 e. The van der Waals surface area contributed by atoms with Crippen molar-refractivity contribution in [2.24, 2.45) is 23.7 Å². The normalized spacial score (nSPS) is 28.6. The van der Waals surface area contributed by atoms with E-state index >= 15 is 0 Å². The molecular weight excluding hydrogens is 438 g/mol. The highest BCUT2D eigenvalue weighted by Gasteiger charge is 2.55. The molecule has 0 spiro atoms. The van der Waals surface area contributed by atoms with Gasteiger partial charge < -0.3 is 9.84 Å². The van der Waals surface area contributed by atoms with Crippen LogP contribution in [0.25, 0.3) is 6.08 Å². The van der Waals surface area contributed by atoms with Crippen molar-refractivity contribution in [1.82, 2.24) is 5.06 Å². The highest BCUT2D eigenvalue weighted by atomic mass is 16.5. The molecule has 3 aliphatic carbocycles. The number of aromatic hydroxyl groups is 1. The highest BCUT2D eigenvalue weighted by Crippen LogP contribution is 2.52. The monoisotopic (exact) mass is 461 g/mol. The lowest BCUT2D eigenvalue weighted by atomic mass is 9.60. The number of hydrogen-bond acceptors (Lipinski definition) is 7. The Balaban J connectivity index is 1.62. The molecule has 1 aromatic carbocycles. The van der Waals surface area contributed by atoms with Crippen LogP contribution in [0.5, 0.6) is 11.5 Å². The van der Waals surface area contributed by atoms with Gasteiger partial charge in [0.15, 0.2) is 23.1 Å². The molecule has 4 atom stereocenters. The quantitative estimate of drug-likeness (QED) is 0.307. The largest absolute Gasteiger partial charge is 0.504 e. The van der Waals surface area contributed by atoms with E-state index in [0.29, 0.717) is 28.0 Å². The van der Waals surface area contributed by atoms with E-state index in [0.717, 1.165) is 5.57 Å². The summed E-state index contributed by atoms with van der Waals surface area (Å²) in [7, 11) is 1.44. The molecule has 2 N–H and O–H groups in total. The van der Waals surface area contributed by atoms with Crippen molar-refractivity contribution < 1.29 is 34.2 Å². The highest BCUT2D eigenvalue weighted by molar-refractivity contribution is 6.23. The van der Waals surface area contributed by atoms with Gasteiger partial charge in [-0.1, -0.05) is 29.9 Å². The Morgan fingerprint density at radius 2 is 1.88 bits per heavy atom. The van der Waals surface area contributed by atoms with Crippen LogP contribution in [0.1, 0.15) is 25.3 Å². The Labute approximate surface area is 195 Å². The first kappa shape index (κ1) is 22.0. The van der Waals surface area contributed by atoms with E-state index in [1.54, 1.807) is 31.2 Å². The molecular formula is C26H23NO7. The van der Waals surface area contributed by atoms with Gasteiger partial charge in [-0.2, -0.15) is 5.06 Å². The molecule has 1 saturated heterocycles. The minimum absolute atomic E-state index is 0.00445. The third-order valence-electron chi connectivity index (χ3n) is 7.27. The topological polar surface area (TPSA) is 121 Å². The number of hydroxylamine groups is 2. The van der Waals surface area contributed by atoms with E-state index < -0.39 is 35.5 Å². The summed E-state index contributed by atoms with van der Waals surface area (Å²) in [6, 6.07) is 4.84. The van der Waals surface area contributed by atoms with Crippen molar-refractivity contribution in [1.29, 1.82) is 0 Å². The van der Waals surface area contributed by atoms with Crippen LogP contribution in [-0.4, -0.2) is 45.9 Å². The van der Waals surface area contributed by atoms with E-state index in [1.165, 1.54) is 19.3 Å². The van der Waals surface area contributed by atoms with Gasteiger partial charge in [0.25, 0.3) is 11.8 Å². The second-order valence-corrected chi connectivity index (χ2v) is 9.05. The number of methoxy groups -OCH3 is 1. The Hall–Kier alpha value is -3.78. The van der Waals surface area contributed by atoms with Crippen LogP contribution in [0.4, 0.5) is 0 Å². The summed E-state index contributed by atoms with van der Waals surface area (Å²) in [6.07, 6.45) is 7.22. The lowest BCUT2D eigenvalue weighted by Crippen LogP contribution is -2.39. The first-order valence-corrected chi connectivity index (χ1v) is 11.0. The van der Waals surface area contributed by atoms with Crippen molar-refractivity contribution in [3.63, 3.8) is 0 Å². The van der Waals surface area contributed by atoms with E-state index in [1.807, 2.05) is 6.08 Å². The number of carbonyl (C=O) groups excluding carboxylic acids is 4. The number of carbonyl (C=O) groups is 4. The Bertz CT molecular complexity index is 1280. The summed E-state index contributed by atoms with van der Waals surface area (Å²) in [6.45, 7) is 1.61. The fourth-order valence-corrected chi connectivity index (χ4v) is 5.63. The van der Waals surface area contributed by atoms with Crippen LogP contribution >= 0.6 is 0 Å². The average molecular weight is 461 g/mol. The number of imide groups is 1. The Morgan fingerprint density at radius 3 is 2.62 bits per heavy atom. The molecule has 34 heavy (non-hydrogen) atoms. The van der Waals surface area contributed by atoms with Crippen molar-refractivity contribution in [2.75, 3.05) is 7.11 Å². The number of rotatable bonds is 3. The van der Waals surface area contributed by atoms with Crippen molar-refractivity contribution in [3.05, 3.63) is 64.3 Å². The number of fused-ring (bicyclic) bond motifs is 3. The molecule has 0 aromatic heterocycles. The van der Waals surface area contributed by atoms with Gasteiger partial charge in [-0.05, 0) is 49.5 Å². The van der Waals surface area contributed by atoms with Gasteiger partial charge in [0.1, 0.15) is 0 Å². The third-order valence-corrected chi connectivity index (χ3v) is 7.27. The molecule has 1 fully saturated rings. The predicted octanol–water partition coefficient (Wildman–Crippen LogP) is 2.77. The molecule has 174 valence electrons. The van der Waals surface area contributed by atoms with Crippen LogP contribution in [0.3, 0.4) is 0 Å². The fourth-order valence-electron chi connectivity index (χ4n) is 5.63. The van der Waals surface area contributed by atoms with E-state index in [9.17, 15) is 29.5 Å². The minimum Gasteiger partial charge on any atom is -0.504 e. The van der Waals surface area contributed by atoms with Gasteiger partial charge in [-0.15, -0.1) is 0 Å². The summed E-state index contributed by atoms with van der Waals surface area (Å²) in [5.74, 6) is -3.97. The number of allylic oxidation sites excluding steroid dienone is 7. The van der Waals surface area contributed by atoms with Crippen LogP contribution in [0.2, 0.25) is 0 Å². The molecule has 1 heterocycles. The first-order valence-electron chi connectivity index (χ1n) is 11.0. The number of Topliss-reactive ketones (excluding diaryl/α,β-unsaturated/α-hetero) is 1. The lowest BCUT2D eigenvalue weighted by Gasteiger charge is -2.41. The summed E-state index contributed by atoms with van der Waals surface area (Å²) >= 11 is 0. The standard InChI is InChI=1S/C26H23NO7/c1-12-9-20(29)18-11-17-14(6-7-16-23(17)26(32)27(33)25(16)31)15(22(18)24(12)30)5-3-13-4-8-19(28)21(10-13)34-2/h3-6,8-10,15-17,23,28,33H,7,11H2,1-2H3/t15-,16-,17+,23-/m0/s1. The van der Waals surface area contributed by atoms with Gasteiger partial charge in [0.2, 0.25) is 0 Å². The molecule has 2 amide bonds. The van der Waals surface area contributed by atoms with E-state index in [2.05, 4.69) is 0 Å². The van der Waals surface area contributed by atoms with Crippen LogP contribution in [0.15, 0.2) is 58.7 Å². The van der Waals surface area contributed by atoms with Crippen LogP contribution in [-0.2, 0) is 19.2 Å². The second-order valence-electron chi connectivity index (χ2n) is 9.05. The lowest BCUT2D eigenvalue weighted by molar-refractivity contribution is -0.173. The number of benzene rings is 1. The number of ketones is 2. The zero-order valence-corrected chi connectivity index (χ0v) is 18.6. The molecule has 5 rings (SSSR count). The van der Waals surface area contributed by atoms with Crippen molar-refractivity contribution >= 4 is 29.5 Å². The summed E-state index contributed by atoms with van der Waals surface area (Å²) in [5, 5.41) is 20.0. The zero-order chi connectivity index (χ0) is 24.3. The van der Waals surface area contributed by atoms with Gasteiger partial charge >= 0.3 is 0 Å². The molecule has 8 heteroatoms. The Kier molecular flexibility index (Phi) is 5.13. The number of nitrogens with zero attached hydrogens (tertiary/aromatic N) is 1. The summed E-state index contributed by atoms with van der Waals surface area (Å²) in [5.41, 5.74) is 2.62. The van der Waals surface area contributed by atoms with Gasteiger partial charge in [-0.3, -0.25) is 24.4 Å². The maximum atomic E-state index is 13.2. The Morgan fingerprint density at radius 1 is 1.12 bits per heavy atom. The number of hydrogen-bond donors (Lipinski definition) is 2.